The lowest BCUT2D eigenvalue weighted by molar-refractivity contribution is 0.174. The van der Waals surface area contributed by atoms with E-state index in [4.69, 9.17) is 0 Å². The van der Waals surface area contributed by atoms with Crippen molar-refractivity contribution < 1.29 is 5.11 Å². The van der Waals surface area contributed by atoms with E-state index in [-0.39, 0.29) is 6.10 Å². The predicted molar refractivity (Wildman–Crippen MR) is 95.3 cm³/mol. The molecule has 0 amide bonds. The van der Waals surface area contributed by atoms with Crippen LogP contribution in [0.25, 0.3) is 10.2 Å². The summed E-state index contributed by atoms with van der Waals surface area (Å²) < 4.78 is 0. The van der Waals surface area contributed by atoms with Crippen LogP contribution < -0.4 is 5.32 Å². The Kier molecular flexibility index (Phi) is 4.24. The van der Waals surface area contributed by atoms with Crippen molar-refractivity contribution in [3.63, 3.8) is 0 Å². The first kappa shape index (κ1) is 15.3. The Hall–Kier alpha value is -1.20. The van der Waals surface area contributed by atoms with E-state index in [1.807, 2.05) is 18.3 Å². The first-order chi connectivity index (χ1) is 11.2. The highest BCUT2D eigenvalue weighted by atomic mass is 32.1. The predicted octanol–water partition coefficient (Wildman–Crippen LogP) is 4.24. The number of aliphatic hydroxyl groups is 1. The zero-order chi connectivity index (χ0) is 15.8. The van der Waals surface area contributed by atoms with Crippen LogP contribution in [0.5, 0.6) is 0 Å². The maximum atomic E-state index is 9.83. The van der Waals surface area contributed by atoms with Gasteiger partial charge in [-0.2, -0.15) is 0 Å². The minimum atomic E-state index is -0.250. The number of hydrogen-bond acceptors (Lipinski definition) is 5. The summed E-state index contributed by atoms with van der Waals surface area (Å²) in [6, 6.07) is 0.550. The molecule has 1 fully saturated rings. The summed E-state index contributed by atoms with van der Waals surface area (Å²) in [5, 5.41) is 14.8. The second-order valence-corrected chi connectivity index (χ2v) is 8.22. The Labute approximate surface area is 141 Å². The Balaban J connectivity index is 1.71. The Morgan fingerprint density at radius 1 is 1.26 bits per heavy atom. The highest BCUT2D eigenvalue weighted by molar-refractivity contribution is 7.19. The van der Waals surface area contributed by atoms with E-state index in [0.29, 0.717) is 12.0 Å². The van der Waals surface area contributed by atoms with Crippen LogP contribution in [0.3, 0.4) is 0 Å². The SMILES string of the molecule is CC(O)CC1CCc2sc3ncnc(NC4CCCCC4)c3c21. The average Bonchev–Trinajstić information content (AvgIpc) is 3.08. The van der Waals surface area contributed by atoms with Gasteiger partial charge < -0.3 is 10.4 Å². The number of hydrogen-bond donors (Lipinski definition) is 2. The lowest BCUT2D eigenvalue weighted by Gasteiger charge is -2.24. The van der Waals surface area contributed by atoms with Gasteiger partial charge in [0.15, 0.2) is 0 Å². The maximum Gasteiger partial charge on any atom is 0.138 e. The van der Waals surface area contributed by atoms with Gasteiger partial charge in [0, 0.05) is 10.9 Å². The zero-order valence-corrected chi connectivity index (χ0v) is 14.5. The highest BCUT2D eigenvalue weighted by Crippen LogP contribution is 2.47. The molecule has 0 radical (unpaired) electrons. The smallest absolute Gasteiger partial charge is 0.138 e. The highest BCUT2D eigenvalue weighted by Gasteiger charge is 2.30. The molecule has 0 bridgehead atoms. The number of aromatic nitrogens is 2. The molecule has 0 saturated heterocycles. The molecule has 2 heterocycles. The van der Waals surface area contributed by atoms with E-state index in [1.165, 1.54) is 47.9 Å². The van der Waals surface area contributed by atoms with Gasteiger partial charge in [-0.05, 0) is 50.5 Å². The molecule has 0 spiro atoms. The fraction of sp³-hybridized carbons (Fsp3) is 0.667. The number of aliphatic hydroxyl groups excluding tert-OH is 1. The summed E-state index contributed by atoms with van der Waals surface area (Å²) in [5.74, 6) is 1.48. The minimum Gasteiger partial charge on any atom is -0.393 e. The van der Waals surface area contributed by atoms with E-state index in [9.17, 15) is 5.11 Å². The summed E-state index contributed by atoms with van der Waals surface area (Å²) in [7, 11) is 0. The number of nitrogens with one attached hydrogen (secondary N) is 1. The molecule has 1 saturated carbocycles. The lowest BCUT2D eigenvalue weighted by atomic mass is 9.94. The fourth-order valence-electron chi connectivity index (χ4n) is 4.26. The van der Waals surface area contributed by atoms with Gasteiger partial charge in [-0.15, -0.1) is 11.3 Å². The summed E-state index contributed by atoms with van der Waals surface area (Å²) in [4.78, 5) is 11.7. The third kappa shape index (κ3) is 2.96. The van der Waals surface area contributed by atoms with Crippen LogP contribution in [-0.2, 0) is 6.42 Å². The van der Waals surface area contributed by atoms with Crippen molar-refractivity contribution >= 4 is 27.4 Å². The molecule has 0 aromatic carbocycles. The van der Waals surface area contributed by atoms with Crippen LogP contribution in [0, 0.1) is 0 Å². The van der Waals surface area contributed by atoms with Crippen LogP contribution in [0.2, 0.25) is 0 Å². The van der Waals surface area contributed by atoms with Crippen molar-refractivity contribution in [3.8, 4) is 0 Å². The average molecular weight is 331 g/mol. The first-order valence-corrected chi connectivity index (χ1v) is 9.75. The van der Waals surface area contributed by atoms with Gasteiger partial charge in [0.25, 0.3) is 0 Å². The molecule has 23 heavy (non-hydrogen) atoms. The Morgan fingerprint density at radius 2 is 2.09 bits per heavy atom. The first-order valence-electron chi connectivity index (χ1n) is 8.93. The van der Waals surface area contributed by atoms with E-state index < -0.39 is 0 Å². The van der Waals surface area contributed by atoms with E-state index >= 15 is 0 Å². The van der Waals surface area contributed by atoms with Crippen LogP contribution in [0.15, 0.2) is 6.33 Å². The third-order valence-electron chi connectivity index (χ3n) is 5.30. The molecule has 4 nitrogen and oxygen atoms in total. The summed E-state index contributed by atoms with van der Waals surface area (Å²) >= 11 is 1.82. The molecule has 2 aliphatic carbocycles. The summed E-state index contributed by atoms with van der Waals surface area (Å²) in [5.41, 5.74) is 1.42. The van der Waals surface area contributed by atoms with Gasteiger partial charge in [0.05, 0.1) is 11.5 Å². The molecule has 5 heteroatoms. The van der Waals surface area contributed by atoms with E-state index in [2.05, 4.69) is 15.3 Å². The standard InChI is InChI=1S/C18H25N3OS/c1-11(22)9-12-7-8-14-15(12)16-17(19-10-20-18(16)23-14)21-13-5-3-2-4-6-13/h10-13,22H,2-9H2,1H3,(H,19,20,21). The van der Waals surface area contributed by atoms with Gasteiger partial charge in [0.2, 0.25) is 0 Å². The second-order valence-electron chi connectivity index (χ2n) is 7.14. The van der Waals surface area contributed by atoms with Crippen molar-refractivity contribution in [1.82, 2.24) is 9.97 Å². The van der Waals surface area contributed by atoms with Crippen LogP contribution in [-0.4, -0.2) is 27.2 Å². The summed E-state index contributed by atoms with van der Waals surface area (Å²) in [6.07, 6.45) is 11.1. The van der Waals surface area contributed by atoms with Gasteiger partial charge in [0.1, 0.15) is 17.0 Å². The maximum absolute atomic E-state index is 9.83. The van der Waals surface area contributed by atoms with Gasteiger partial charge >= 0.3 is 0 Å². The number of fused-ring (bicyclic) bond motifs is 3. The van der Waals surface area contributed by atoms with Crippen LogP contribution >= 0.6 is 11.3 Å². The van der Waals surface area contributed by atoms with Gasteiger partial charge in [-0.3, -0.25) is 0 Å². The van der Waals surface area contributed by atoms with Crippen molar-refractivity contribution in [3.05, 3.63) is 16.8 Å². The number of thiophene rings is 1. The molecular formula is C18H25N3OS. The Bertz CT molecular complexity index is 691. The van der Waals surface area contributed by atoms with Gasteiger partial charge in [-0.25, -0.2) is 9.97 Å². The van der Waals surface area contributed by atoms with E-state index in [1.54, 1.807) is 6.33 Å². The number of nitrogens with zero attached hydrogens (tertiary/aromatic N) is 2. The number of aryl methyl sites for hydroxylation is 1. The largest absolute Gasteiger partial charge is 0.393 e. The molecule has 2 aromatic heterocycles. The third-order valence-corrected chi connectivity index (χ3v) is 6.48. The van der Waals surface area contributed by atoms with Crippen molar-refractivity contribution in [2.24, 2.45) is 0 Å². The molecule has 0 aliphatic heterocycles. The van der Waals surface area contributed by atoms with Crippen LogP contribution in [0.1, 0.15) is 68.2 Å². The number of anilines is 1. The lowest BCUT2D eigenvalue weighted by Crippen LogP contribution is -2.23. The molecule has 4 rings (SSSR count). The molecule has 2 unspecified atom stereocenters. The number of rotatable bonds is 4. The van der Waals surface area contributed by atoms with Crippen LogP contribution in [0.4, 0.5) is 5.82 Å². The molecule has 124 valence electrons. The van der Waals surface area contributed by atoms with Crippen molar-refractivity contribution in [1.29, 1.82) is 0 Å². The molecule has 2 aliphatic rings. The zero-order valence-electron chi connectivity index (χ0n) is 13.7. The molecule has 2 aromatic rings. The monoisotopic (exact) mass is 331 g/mol. The molecule has 2 N–H and O–H groups in total. The molecule has 2 atom stereocenters. The minimum absolute atomic E-state index is 0.250. The summed E-state index contributed by atoms with van der Waals surface area (Å²) in [6.45, 7) is 1.89. The quantitative estimate of drug-likeness (QED) is 0.880. The normalized spacial score (nSPS) is 23.1. The fourth-order valence-corrected chi connectivity index (χ4v) is 5.51. The molecular weight excluding hydrogens is 306 g/mol. The van der Waals surface area contributed by atoms with Gasteiger partial charge in [-0.1, -0.05) is 19.3 Å². The van der Waals surface area contributed by atoms with Crippen molar-refractivity contribution in [2.75, 3.05) is 5.32 Å². The topological polar surface area (TPSA) is 58.0 Å². The second kappa shape index (κ2) is 6.36. The van der Waals surface area contributed by atoms with E-state index in [0.717, 1.165) is 29.9 Å². The Morgan fingerprint density at radius 3 is 2.87 bits per heavy atom. The van der Waals surface area contributed by atoms with Crippen molar-refractivity contribution in [2.45, 2.75) is 76.4 Å².